The number of hydrogen-bond donors (Lipinski definition) is 2. The summed E-state index contributed by atoms with van der Waals surface area (Å²) in [6.07, 6.45) is 3.41. The van der Waals surface area contributed by atoms with Crippen molar-refractivity contribution in [2.45, 2.75) is 25.4 Å². The second-order valence-corrected chi connectivity index (χ2v) is 4.56. The highest BCUT2D eigenvalue weighted by atomic mass is 16.4. The molecule has 2 N–H and O–H groups in total. The van der Waals surface area contributed by atoms with E-state index in [0.29, 0.717) is 6.42 Å². The van der Waals surface area contributed by atoms with Gasteiger partial charge in [-0.15, -0.1) is 5.10 Å². The van der Waals surface area contributed by atoms with Crippen LogP contribution in [0.5, 0.6) is 0 Å². The predicted molar refractivity (Wildman–Crippen MR) is 74.2 cm³/mol. The van der Waals surface area contributed by atoms with Crippen LogP contribution in [0.1, 0.15) is 24.4 Å². The van der Waals surface area contributed by atoms with Crippen molar-refractivity contribution in [2.24, 2.45) is 0 Å². The highest BCUT2D eigenvalue weighted by Crippen LogP contribution is 2.18. The number of nitrogens with zero attached hydrogens (tertiary/aromatic N) is 3. The van der Waals surface area contributed by atoms with Crippen LogP contribution >= 0.6 is 0 Å². The van der Waals surface area contributed by atoms with E-state index in [1.807, 2.05) is 30.3 Å². The number of amides is 1. The normalized spacial score (nSPS) is 11.8. The van der Waals surface area contributed by atoms with Crippen LogP contribution in [0.3, 0.4) is 0 Å². The second kappa shape index (κ2) is 7.18. The molecule has 1 aromatic carbocycles. The van der Waals surface area contributed by atoms with Gasteiger partial charge in [0, 0.05) is 12.6 Å². The van der Waals surface area contributed by atoms with Gasteiger partial charge < -0.3 is 10.4 Å². The van der Waals surface area contributed by atoms with Gasteiger partial charge in [-0.1, -0.05) is 35.5 Å². The Bertz CT molecular complexity index is 584. The second-order valence-electron chi connectivity index (χ2n) is 4.56. The molecule has 0 aliphatic rings. The van der Waals surface area contributed by atoms with E-state index < -0.39 is 5.97 Å². The zero-order chi connectivity index (χ0) is 15.1. The van der Waals surface area contributed by atoms with E-state index in [1.54, 1.807) is 6.20 Å². The van der Waals surface area contributed by atoms with Gasteiger partial charge in [0.15, 0.2) is 0 Å². The lowest BCUT2D eigenvalue weighted by molar-refractivity contribution is -0.137. The molecule has 0 aliphatic heterocycles. The number of carboxylic acid groups (broad SMARTS) is 1. The first kappa shape index (κ1) is 14.7. The van der Waals surface area contributed by atoms with Crippen molar-refractivity contribution >= 4 is 11.9 Å². The van der Waals surface area contributed by atoms with Gasteiger partial charge in [-0.3, -0.25) is 9.59 Å². The Labute approximate surface area is 121 Å². The molecular formula is C14H16N4O3. The first-order chi connectivity index (χ1) is 10.1. The van der Waals surface area contributed by atoms with Crippen molar-refractivity contribution in [1.29, 1.82) is 0 Å². The minimum Gasteiger partial charge on any atom is -0.481 e. The van der Waals surface area contributed by atoms with Crippen molar-refractivity contribution in [3.05, 3.63) is 48.3 Å². The van der Waals surface area contributed by atoms with Crippen molar-refractivity contribution in [3.8, 4) is 0 Å². The smallest absolute Gasteiger partial charge is 0.303 e. The van der Waals surface area contributed by atoms with Gasteiger partial charge >= 0.3 is 5.97 Å². The third kappa shape index (κ3) is 4.72. The summed E-state index contributed by atoms with van der Waals surface area (Å²) in [5.41, 5.74) is 0.880. The molecule has 1 aromatic heterocycles. The van der Waals surface area contributed by atoms with E-state index in [4.69, 9.17) is 5.11 Å². The Morgan fingerprint density at radius 1 is 1.29 bits per heavy atom. The molecule has 1 amide bonds. The largest absolute Gasteiger partial charge is 0.481 e. The van der Waals surface area contributed by atoms with Gasteiger partial charge in [0.25, 0.3) is 0 Å². The van der Waals surface area contributed by atoms with E-state index >= 15 is 0 Å². The number of carbonyl (C=O) groups is 2. The summed E-state index contributed by atoms with van der Waals surface area (Å²) in [4.78, 5) is 22.7. The summed E-state index contributed by atoms with van der Waals surface area (Å²) >= 11 is 0. The molecule has 1 heterocycles. The van der Waals surface area contributed by atoms with Gasteiger partial charge in [-0.2, -0.15) is 0 Å². The van der Waals surface area contributed by atoms with Crippen molar-refractivity contribution in [1.82, 2.24) is 20.3 Å². The predicted octanol–water partition coefficient (Wildman–Crippen LogP) is 1.00. The molecule has 7 heteroatoms. The number of hydrogen-bond acceptors (Lipinski definition) is 4. The maximum absolute atomic E-state index is 12.0. The Morgan fingerprint density at radius 2 is 2.05 bits per heavy atom. The first-order valence-electron chi connectivity index (χ1n) is 6.55. The van der Waals surface area contributed by atoms with Crippen molar-refractivity contribution in [2.75, 3.05) is 0 Å². The third-order valence-corrected chi connectivity index (χ3v) is 2.96. The minimum absolute atomic E-state index is 0.0107. The van der Waals surface area contributed by atoms with E-state index in [-0.39, 0.29) is 24.9 Å². The summed E-state index contributed by atoms with van der Waals surface area (Å²) in [5.74, 6) is -1.12. The lowest BCUT2D eigenvalue weighted by Crippen LogP contribution is -2.32. The molecule has 110 valence electrons. The highest BCUT2D eigenvalue weighted by Gasteiger charge is 2.16. The van der Waals surface area contributed by atoms with Crippen LogP contribution in [-0.4, -0.2) is 32.0 Å². The van der Waals surface area contributed by atoms with Crippen LogP contribution in [0.4, 0.5) is 0 Å². The van der Waals surface area contributed by atoms with E-state index in [0.717, 1.165) is 5.56 Å². The molecule has 1 unspecified atom stereocenters. The molecule has 0 fully saturated rings. The number of carbonyl (C=O) groups excluding carboxylic acids is 1. The molecule has 0 bridgehead atoms. The minimum atomic E-state index is -0.888. The van der Waals surface area contributed by atoms with E-state index in [9.17, 15) is 9.59 Å². The van der Waals surface area contributed by atoms with Crippen LogP contribution in [0, 0.1) is 0 Å². The molecule has 0 radical (unpaired) electrons. The molecule has 21 heavy (non-hydrogen) atoms. The molecule has 1 atom stereocenters. The molecule has 0 saturated carbocycles. The average Bonchev–Trinajstić information content (AvgIpc) is 2.97. The van der Waals surface area contributed by atoms with Crippen LogP contribution in [0.25, 0.3) is 0 Å². The topological polar surface area (TPSA) is 97.1 Å². The van der Waals surface area contributed by atoms with Crippen LogP contribution in [0.2, 0.25) is 0 Å². The summed E-state index contributed by atoms with van der Waals surface area (Å²) in [6.45, 7) is 0.0520. The standard InChI is InChI=1S/C14H16N4O3/c19-13(10-18-9-8-15-17-18)16-12(6-7-14(20)21)11-4-2-1-3-5-11/h1-5,8-9,12H,6-7,10H2,(H,16,19)(H,20,21). The van der Waals surface area contributed by atoms with Gasteiger partial charge in [0.05, 0.1) is 12.2 Å². The zero-order valence-corrected chi connectivity index (χ0v) is 11.3. The van der Waals surface area contributed by atoms with Crippen molar-refractivity contribution in [3.63, 3.8) is 0 Å². The SMILES string of the molecule is O=C(O)CCC(NC(=O)Cn1ccnn1)c1ccccc1. The summed E-state index contributed by atoms with van der Waals surface area (Å²) in [6, 6.07) is 8.97. The monoisotopic (exact) mass is 288 g/mol. The fourth-order valence-electron chi connectivity index (χ4n) is 1.98. The lowest BCUT2D eigenvalue weighted by atomic mass is 10.0. The number of aromatic nitrogens is 3. The summed E-state index contributed by atoms with van der Waals surface area (Å²) in [5, 5.41) is 19.0. The fourth-order valence-corrected chi connectivity index (χ4v) is 1.98. The number of benzene rings is 1. The molecule has 0 saturated heterocycles. The molecule has 2 rings (SSSR count). The maximum atomic E-state index is 12.0. The lowest BCUT2D eigenvalue weighted by Gasteiger charge is -2.18. The Kier molecular flexibility index (Phi) is 5.03. The third-order valence-electron chi connectivity index (χ3n) is 2.96. The molecule has 7 nitrogen and oxygen atoms in total. The Morgan fingerprint density at radius 3 is 2.67 bits per heavy atom. The van der Waals surface area contributed by atoms with E-state index in [2.05, 4.69) is 15.6 Å². The molecule has 0 aliphatic carbocycles. The number of rotatable bonds is 7. The number of nitrogens with one attached hydrogen (secondary N) is 1. The van der Waals surface area contributed by atoms with Gasteiger partial charge in [0.2, 0.25) is 5.91 Å². The van der Waals surface area contributed by atoms with Crippen LogP contribution < -0.4 is 5.32 Å². The van der Waals surface area contributed by atoms with Crippen LogP contribution in [0.15, 0.2) is 42.7 Å². The average molecular weight is 288 g/mol. The quantitative estimate of drug-likeness (QED) is 0.792. The molecule has 2 aromatic rings. The Balaban J connectivity index is 2.01. The molecule has 0 spiro atoms. The number of aliphatic carboxylic acids is 1. The fraction of sp³-hybridized carbons (Fsp3) is 0.286. The zero-order valence-electron chi connectivity index (χ0n) is 11.3. The van der Waals surface area contributed by atoms with E-state index in [1.165, 1.54) is 10.9 Å². The first-order valence-corrected chi connectivity index (χ1v) is 6.55. The van der Waals surface area contributed by atoms with Gasteiger partial charge in [-0.25, -0.2) is 4.68 Å². The molecular weight excluding hydrogens is 272 g/mol. The summed E-state index contributed by atoms with van der Waals surface area (Å²) in [7, 11) is 0. The number of carboxylic acids is 1. The maximum Gasteiger partial charge on any atom is 0.303 e. The van der Waals surface area contributed by atoms with Crippen LogP contribution in [-0.2, 0) is 16.1 Å². The van der Waals surface area contributed by atoms with Gasteiger partial charge in [-0.05, 0) is 12.0 Å². The summed E-state index contributed by atoms with van der Waals surface area (Å²) < 4.78 is 1.41. The Hall–Kier alpha value is -2.70. The van der Waals surface area contributed by atoms with Gasteiger partial charge in [0.1, 0.15) is 6.54 Å². The van der Waals surface area contributed by atoms with Crippen molar-refractivity contribution < 1.29 is 14.7 Å². The highest BCUT2D eigenvalue weighted by molar-refractivity contribution is 5.76.